The maximum atomic E-state index is 15.0. The Hall–Kier alpha value is -4.52. The van der Waals surface area contributed by atoms with Gasteiger partial charge in [0.2, 0.25) is 5.43 Å². The van der Waals surface area contributed by atoms with E-state index in [0.717, 1.165) is 11.1 Å². The van der Waals surface area contributed by atoms with Crippen molar-refractivity contribution >= 4 is 39.8 Å². The third-order valence-corrected chi connectivity index (χ3v) is 9.11. The zero-order valence-corrected chi connectivity index (χ0v) is 34.4. The molecule has 0 radical (unpaired) electrons. The van der Waals surface area contributed by atoms with E-state index < -0.39 is 57.7 Å². The third-order valence-electron chi connectivity index (χ3n) is 9.11. The van der Waals surface area contributed by atoms with Gasteiger partial charge >= 0.3 is 17.9 Å². The number of fused-ring (bicyclic) bond motifs is 2. The number of carbonyl (C=O) groups is 3. The summed E-state index contributed by atoms with van der Waals surface area (Å²) >= 11 is 0. The average molecular weight is 750 g/mol. The molecule has 3 rings (SSSR count). The van der Waals surface area contributed by atoms with E-state index in [4.69, 9.17) is 40.6 Å². The van der Waals surface area contributed by atoms with Gasteiger partial charge in [-0.15, -0.1) is 0 Å². The van der Waals surface area contributed by atoms with Crippen molar-refractivity contribution in [2.75, 3.05) is 7.11 Å². The molecule has 0 saturated heterocycles. The lowest BCUT2D eigenvalue weighted by Crippen LogP contribution is -2.45. The molecular weight excluding hydrogens is 690 g/mol. The Labute approximate surface area is 318 Å². The van der Waals surface area contributed by atoms with Gasteiger partial charge < -0.3 is 40.6 Å². The minimum absolute atomic E-state index is 0.0138. The van der Waals surface area contributed by atoms with Crippen LogP contribution in [-0.2, 0) is 27.2 Å². The van der Waals surface area contributed by atoms with E-state index in [1.807, 2.05) is 60.6 Å². The van der Waals surface area contributed by atoms with Gasteiger partial charge in [0, 0.05) is 23.3 Å². The van der Waals surface area contributed by atoms with Crippen LogP contribution in [0.4, 0.5) is 0 Å². The summed E-state index contributed by atoms with van der Waals surface area (Å²) in [6, 6.07) is -0.333. The van der Waals surface area contributed by atoms with Crippen LogP contribution in [0.3, 0.4) is 0 Å². The van der Waals surface area contributed by atoms with Crippen LogP contribution in [0, 0.1) is 16.2 Å². The molecule has 54 heavy (non-hydrogen) atoms. The number of hydrogen-bond donors (Lipinski definition) is 3. The highest BCUT2D eigenvalue weighted by atomic mass is 16.6. The molecule has 296 valence electrons. The van der Waals surface area contributed by atoms with Crippen LogP contribution in [0.1, 0.15) is 101 Å². The number of esters is 3. The molecule has 0 bridgehead atoms. The van der Waals surface area contributed by atoms with Crippen LogP contribution in [0.25, 0.3) is 21.9 Å². The number of allylic oxidation sites excluding steroid dienone is 4. The zero-order valence-electron chi connectivity index (χ0n) is 34.4. The quantitative estimate of drug-likeness (QED) is 0.0803. The lowest BCUT2D eigenvalue weighted by molar-refractivity contribution is -0.139. The first-order chi connectivity index (χ1) is 24.7. The van der Waals surface area contributed by atoms with Crippen molar-refractivity contribution in [2.45, 2.75) is 121 Å². The first-order valence-electron chi connectivity index (χ1n) is 18.0. The van der Waals surface area contributed by atoms with Gasteiger partial charge in [-0.25, -0.2) is 14.4 Å². The first-order valence-corrected chi connectivity index (χ1v) is 18.0. The van der Waals surface area contributed by atoms with Crippen LogP contribution < -0.4 is 41.6 Å². The second-order valence-corrected chi connectivity index (χ2v) is 17.5. The van der Waals surface area contributed by atoms with Crippen molar-refractivity contribution < 1.29 is 37.7 Å². The summed E-state index contributed by atoms with van der Waals surface area (Å²) in [4.78, 5) is 55.5. The molecule has 0 spiro atoms. The summed E-state index contributed by atoms with van der Waals surface area (Å²) in [5, 5.41) is 0.0101. The normalized spacial score (nSPS) is 13.9. The summed E-state index contributed by atoms with van der Waals surface area (Å²) in [7, 11) is 1.40. The topological polar surface area (TPSA) is 196 Å². The molecule has 6 N–H and O–H groups in total. The molecule has 0 aliphatic heterocycles. The Morgan fingerprint density at radius 3 is 1.44 bits per heavy atom. The molecule has 1 heterocycles. The lowest BCUT2D eigenvalue weighted by Gasteiger charge is -2.27. The molecule has 2 aromatic carbocycles. The van der Waals surface area contributed by atoms with Crippen LogP contribution >= 0.6 is 0 Å². The van der Waals surface area contributed by atoms with E-state index in [9.17, 15) is 19.2 Å². The minimum atomic E-state index is -1.10. The Morgan fingerprint density at radius 1 is 0.630 bits per heavy atom. The number of benzene rings is 2. The molecule has 12 heteroatoms. The number of methoxy groups -OCH3 is 1. The molecule has 0 unspecified atom stereocenters. The van der Waals surface area contributed by atoms with Crippen molar-refractivity contribution in [3.63, 3.8) is 0 Å². The summed E-state index contributed by atoms with van der Waals surface area (Å²) in [5.74, 6) is -2.35. The standard InChI is InChI=1S/C42H59N3O9/c1-21(2)15-17-23-25(52-37(47)34(43)40(5,6)7)19-27-30(33(23)54-39(49)36(45)42(11,12)13)31(46)29-24(18-16-22(3)4)32(50-14)28(20-26(29)51-27)53-38(48)35(44)41(8,9)10/h15-16,19-20,34-36H,17-18,43-45H2,1-14H3/t34-,35-,36-/m1/s1. The molecule has 0 amide bonds. The molecule has 0 fully saturated rings. The SMILES string of the molecule is COc1c(OC(=O)[C@@H](N)C(C)(C)C)cc2oc3cc(OC(=O)[C@@H](N)C(C)(C)C)c(CC=C(C)C)c(OC(=O)[C@@H](N)C(C)(C)C)c3c(=O)c2c1CC=C(C)C. The summed E-state index contributed by atoms with van der Waals surface area (Å²) in [6.07, 6.45) is 4.02. The fraction of sp³-hybridized carbons (Fsp3) is 0.524. The molecule has 3 atom stereocenters. The van der Waals surface area contributed by atoms with E-state index in [1.54, 1.807) is 41.5 Å². The van der Waals surface area contributed by atoms with Gasteiger partial charge in [-0.2, -0.15) is 0 Å². The molecule has 0 aliphatic carbocycles. The summed E-state index contributed by atoms with van der Waals surface area (Å²) < 4.78 is 30.1. The number of carbonyl (C=O) groups excluding carboxylic acids is 3. The predicted molar refractivity (Wildman–Crippen MR) is 212 cm³/mol. The van der Waals surface area contributed by atoms with Gasteiger partial charge in [0.05, 0.1) is 12.5 Å². The van der Waals surface area contributed by atoms with Crippen LogP contribution in [-0.4, -0.2) is 43.1 Å². The molecule has 3 aromatic rings. The van der Waals surface area contributed by atoms with E-state index in [1.165, 1.54) is 19.2 Å². The Morgan fingerprint density at radius 2 is 1.02 bits per heavy atom. The van der Waals surface area contributed by atoms with Crippen LogP contribution in [0.15, 0.2) is 44.6 Å². The third kappa shape index (κ3) is 9.96. The summed E-state index contributed by atoms with van der Waals surface area (Å²) in [6.45, 7) is 23.8. The Bertz CT molecular complexity index is 2050. The van der Waals surface area contributed by atoms with Crippen molar-refractivity contribution in [1.29, 1.82) is 0 Å². The van der Waals surface area contributed by atoms with Gasteiger partial charge in [0.25, 0.3) is 0 Å². The van der Waals surface area contributed by atoms with Crippen molar-refractivity contribution in [2.24, 2.45) is 33.4 Å². The fourth-order valence-corrected chi connectivity index (χ4v) is 5.26. The first kappa shape index (κ1) is 43.9. The number of nitrogens with two attached hydrogens (primary N) is 3. The second-order valence-electron chi connectivity index (χ2n) is 17.5. The number of hydrogen-bond acceptors (Lipinski definition) is 12. The molecule has 1 aromatic heterocycles. The highest BCUT2D eigenvalue weighted by molar-refractivity contribution is 6.00. The van der Waals surface area contributed by atoms with Crippen LogP contribution in [0.5, 0.6) is 23.0 Å². The second kappa shape index (κ2) is 16.5. The van der Waals surface area contributed by atoms with Crippen molar-refractivity contribution in [1.82, 2.24) is 0 Å². The number of rotatable bonds is 11. The maximum absolute atomic E-state index is 15.0. The van der Waals surface area contributed by atoms with E-state index in [0.29, 0.717) is 5.56 Å². The van der Waals surface area contributed by atoms with E-state index >= 15 is 0 Å². The smallest absolute Gasteiger partial charge is 0.328 e. The zero-order chi connectivity index (χ0) is 41.2. The van der Waals surface area contributed by atoms with E-state index in [-0.39, 0.29) is 63.3 Å². The van der Waals surface area contributed by atoms with Gasteiger partial charge in [-0.1, -0.05) is 85.6 Å². The monoisotopic (exact) mass is 749 g/mol. The Kier molecular flexibility index (Phi) is 13.4. The van der Waals surface area contributed by atoms with Gasteiger partial charge in [0.1, 0.15) is 40.4 Å². The van der Waals surface area contributed by atoms with Crippen molar-refractivity contribution in [3.8, 4) is 23.0 Å². The fourth-order valence-electron chi connectivity index (χ4n) is 5.26. The largest absolute Gasteiger partial charge is 0.493 e. The molecule has 0 saturated carbocycles. The molecule has 12 nitrogen and oxygen atoms in total. The van der Waals surface area contributed by atoms with Crippen molar-refractivity contribution in [3.05, 3.63) is 56.8 Å². The minimum Gasteiger partial charge on any atom is -0.493 e. The highest BCUT2D eigenvalue weighted by Crippen LogP contribution is 2.43. The average Bonchev–Trinajstić information content (AvgIpc) is 3.03. The molecular formula is C42H59N3O9. The lowest BCUT2D eigenvalue weighted by atomic mass is 9.87. The van der Waals surface area contributed by atoms with E-state index in [2.05, 4.69) is 0 Å². The van der Waals surface area contributed by atoms with Gasteiger partial charge in [-0.3, -0.25) is 4.79 Å². The number of ether oxygens (including phenoxy) is 4. The predicted octanol–water partition coefficient (Wildman–Crippen LogP) is 6.81. The van der Waals surface area contributed by atoms with Gasteiger partial charge in [0.15, 0.2) is 17.2 Å². The van der Waals surface area contributed by atoms with Crippen LogP contribution in [0.2, 0.25) is 0 Å². The molecule has 0 aliphatic rings. The highest BCUT2D eigenvalue weighted by Gasteiger charge is 2.35. The Balaban J connectivity index is 2.61. The van der Waals surface area contributed by atoms with Gasteiger partial charge in [-0.05, 0) is 56.8 Å². The maximum Gasteiger partial charge on any atom is 0.328 e. The summed E-state index contributed by atoms with van der Waals surface area (Å²) in [5.41, 5.74) is 18.8.